The summed E-state index contributed by atoms with van der Waals surface area (Å²) in [4.78, 5) is 0. The third kappa shape index (κ3) is 2.90. The average molecular weight is 328 g/mol. The van der Waals surface area contributed by atoms with E-state index in [0.717, 1.165) is 18.8 Å². The standard InChI is InChI=1S/C12H15O2.H2O.Sn/c1-13-11-7-5-10(6-8-11)12-4-2-3-9-14-12;;/h5-8H,2-4,9H2,1H3;1H2;. The van der Waals surface area contributed by atoms with Crippen molar-refractivity contribution in [1.29, 1.82) is 0 Å². The maximum atomic E-state index is 5.92. The molecule has 0 aliphatic carbocycles. The van der Waals surface area contributed by atoms with Crippen molar-refractivity contribution >= 4 is 22.5 Å². The molecule has 1 atom stereocenters. The summed E-state index contributed by atoms with van der Waals surface area (Å²) in [5, 5.41) is 0. The zero-order chi connectivity index (χ0) is 10.7. The monoisotopic (exact) mass is 329 g/mol. The van der Waals surface area contributed by atoms with Crippen LogP contribution in [-0.2, 0) is 8.35 Å². The summed E-state index contributed by atoms with van der Waals surface area (Å²) in [5.41, 5.74) is 1.29. The molecule has 2 rings (SSSR count). The number of hydrogen-bond acceptors (Lipinski definition) is 2. The van der Waals surface area contributed by atoms with E-state index >= 15 is 0 Å². The minimum Gasteiger partial charge on any atom is -0.412 e. The summed E-state index contributed by atoms with van der Waals surface area (Å²) in [7, 11) is 1.69. The summed E-state index contributed by atoms with van der Waals surface area (Å²) < 4.78 is 11.1. The fraction of sp³-hybridized carbons (Fsp3) is 0.500. The van der Waals surface area contributed by atoms with Gasteiger partial charge in [-0.25, -0.2) is 0 Å². The minimum absolute atomic E-state index is 0. The SMILES string of the molecule is COc1ccc([C]2([Sn])CCCCO2)cc1.O. The first-order chi connectivity index (χ1) is 7.24. The molecular weight excluding hydrogens is 311 g/mol. The molecule has 1 aromatic rings. The number of hydrogen-bond donors (Lipinski definition) is 0. The second-order valence-corrected chi connectivity index (χ2v) is 6.17. The Morgan fingerprint density at radius 2 is 1.94 bits per heavy atom. The van der Waals surface area contributed by atoms with E-state index in [4.69, 9.17) is 9.47 Å². The van der Waals surface area contributed by atoms with Crippen LogP contribution in [0.15, 0.2) is 24.3 Å². The van der Waals surface area contributed by atoms with Crippen LogP contribution in [-0.4, -0.2) is 41.7 Å². The van der Waals surface area contributed by atoms with Crippen molar-refractivity contribution in [3.05, 3.63) is 29.8 Å². The zero-order valence-corrected chi connectivity index (χ0v) is 12.3. The second-order valence-electron chi connectivity index (χ2n) is 3.86. The van der Waals surface area contributed by atoms with E-state index in [1.54, 1.807) is 7.11 Å². The first-order valence-electron chi connectivity index (χ1n) is 5.28. The third-order valence-corrected chi connectivity index (χ3v) is 4.78. The van der Waals surface area contributed by atoms with Gasteiger partial charge in [-0.1, -0.05) is 0 Å². The molecule has 1 unspecified atom stereocenters. The quantitative estimate of drug-likeness (QED) is 0.771. The predicted molar refractivity (Wildman–Crippen MR) is 63.8 cm³/mol. The first-order valence-corrected chi connectivity index (χ1v) is 6.71. The Kier molecular flexibility index (Phi) is 5.08. The van der Waals surface area contributed by atoms with Crippen LogP contribution >= 0.6 is 0 Å². The van der Waals surface area contributed by atoms with Gasteiger partial charge in [0, 0.05) is 0 Å². The van der Waals surface area contributed by atoms with Gasteiger partial charge >= 0.3 is 104 Å². The largest absolute Gasteiger partial charge is 0.412 e. The van der Waals surface area contributed by atoms with Gasteiger partial charge in [0.05, 0.1) is 0 Å². The molecular formula is C12H17O3Sn. The van der Waals surface area contributed by atoms with Crippen molar-refractivity contribution in [2.45, 2.75) is 22.9 Å². The zero-order valence-electron chi connectivity index (χ0n) is 9.45. The predicted octanol–water partition coefficient (Wildman–Crippen LogP) is 1.39. The smallest absolute Gasteiger partial charge is 0.412 e. The van der Waals surface area contributed by atoms with E-state index in [2.05, 4.69) is 12.1 Å². The van der Waals surface area contributed by atoms with Crippen LogP contribution in [0.5, 0.6) is 5.75 Å². The number of benzene rings is 1. The molecule has 0 bridgehead atoms. The molecule has 1 fully saturated rings. The summed E-state index contributed by atoms with van der Waals surface area (Å²) in [6.07, 6.45) is 3.63. The molecule has 0 spiro atoms. The fourth-order valence-electron chi connectivity index (χ4n) is 1.88. The van der Waals surface area contributed by atoms with Gasteiger partial charge in [0.2, 0.25) is 0 Å². The average Bonchev–Trinajstić information content (AvgIpc) is 2.30. The Morgan fingerprint density at radius 3 is 2.44 bits per heavy atom. The van der Waals surface area contributed by atoms with Crippen LogP contribution < -0.4 is 4.74 Å². The Labute approximate surface area is 110 Å². The summed E-state index contributed by atoms with van der Waals surface area (Å²) in [6, 6.07) is 8.27. The summed E-state index contributed by atoms with van der Waals surface area (Å²) in [6.45, 7) is 0.900. The number of ether oxygens (including phenoxy) is 2. The number of rotatable bonds is 2. The van der Waals surface area contributed by atoms with Crippen LogP contribution in [0.3, 0.4) is 0 Å². The molecule has 4 heteroatoms. The van der Waals surface area contributed by atoms with E-state index in [-0.39, 0.29) is 9.09 Å². The van der Waals surface area contributed by atoms with Gasteiger partial charge in [0.1, 0.15) is 0 Å². The normalized spacial score (nSPS) is 24.6. The van der Waals surface area contributed by atoms with Crippen molar-refractivity contribution < 1.29 is 14.9 Å². The number of methoxy groups -OCH3 is 1. The molecule has 1 aliphatic heterocycles. The topological polar surface area (TPSA) is 50.0 Å². The van der Waals surface area contributed by atoms with Gasteiger partial charge < -0.3 is 5.48 Å². The van der Waals surface area contributed by atoms with Gasteiger partial charge in [0.15, 0.2) is 0 Å². The van der Waals surface area contributed by atoms with Gasteiger partial charge in [-0.3, -0.25) is 0 Å². The maximum absolute atomic E-state index is 5.92. The molecule has 1 saturated heterocycles. The molecule has 1 heterocycles. The Morgan fingerprint density at radius 1 is 1.25 bits per heavy atom. The van der Waals surface area contributed by atoms with E-state index in [0.29, 0.717) is 0 Å². The molecule has 16 heavy (non-hydrogen) atoms. The Hall–Kier alpha value is -0.261. The molecule has 0 saturated carbocycles. The molecule has 0 aromatic heterocycles. The van der Waals surface area contributed by atoms with Gasteiger partial charge in [-0.2, -0.15) is 0 Å². The van der Waals surface area contributed by atoms with Gasteiger partial charge in [0.25, 0.3) is 0 Å². The minimum atomic E-state index is -0.00274. The Bertz CT molecular complexity index is 318. The molecule has 87 valence electrons. The summed E-state index contributed by atoms with van der Waals surface area (Å²) in [5.74, 6) is 0.911. The molecule has 1 aromatic carbocycles. The molecule has 0 amide bonds. The van der Waals surface area contributed by atoms with E-state index in [9.17, 15) is 0 Å². The molecule has 1 aliphatic rings. The van der Waals surface area contributed by atoms with Crippen LogP contribution in [0, 0.1) is 0 Å². The Balaban J connectivity index is 0.00000128. The van der Waals surface area contributed by atoms with Crippen molar-refractivity contribution in [2.75, 3.05) is 13.7 Å². The fourth-order valence-corrected chi connectivity index (χ4v) is 3.15. The van der Waals surface area contributed by atoms with Crippen LogP contribution in [0.2, 0.25) is 0 Å². The first kappa shape index (κ1) is 13.8. The van der Waals surface area contributed by atoms with E-state index < -0.39 is 0 Å². The molecule has 3 nitrogen and oxygen atoms in total. The third-order valence-electron chi connectivity index (χ3n) is 2.83. The van der Waals surface area contributed by atoms with Crippen LogP contribution in [0.1, 0.15) is 24.8 Å². The van der Waals surface area contributed by atoms with Gasteiger partial charge in [-0.05, 0) is 0 Å². The van der Waals surface area contributed by atoms with Crippen molar-refractivity contribution in [2.24, 2.45) is 0 Å². The van der Waals surface area contributed by atoms with Crippen LogP contribution in [0.4, 0.5) is 0 Å². The van der Waals surface area contributed by atoms with E-state index in [1.165, 1.54) is 40.9 Å². The maximum Gasteiger partial charge on any atom is -0.412 e. The van der Waals surface area contributed by atoms with Crippen molar-refractivity contribution in [3.63, 3.8) is 0 Å². The second kappa shape index (κ2) is 5.89. The van der Waals surface area contributed by atoms with Crippen LogP contribution in [0.25, 0.3) is 0 Å². The van der Waals surface area contributed by atoms with Crippen molar-refractivity contribution in [1.82, 2.24) is 0 Å². The van der Waals surface area contributed by atoms with Crippen molar-refractivity contribution in [3.8, 4) is 5.75 Å². The molecule has 3 radical (unpaired) electrons. The van der Waals surface area contributed by atoms with Gasteiger partial charge in [-0.15, -0.1) is 0 Å². The molecule has 2 N–H and O–H groups in total. The van der Waals surface area contributed by atoms with E-state index in [1.807, 2.05) is 12.1 Å². The summed E-state index contributed by atoms with van der Waals surface area (Å²) >= 11 is 1.45.